The van der Waals surface area contributed by atoms with Crippen LogP contribution < -0.4 is 27.0 Å². The van der Waals surface area contributed by atoms with Crippen LogP contribution in [-0.4, -0.2) is 86.8 Å². The van der Waals surface area contributed by atoms with Gasteiger partial charge >= 0.3 is 6.09 Å². The van der Waals surface area contributed by atoms with Gasteiger partial charge in [-0.25, -0.2) is 9.78 Å². The van der Waals surface area contributed by atoms with Crippen LogP contribution in [0.3, 0.4) is 0 Å². The summed E-state index contributed by atoms with van der Waals surface area (Å²) in [7, 11) is 0. The van der Waals surface area contributed by atoms with Gasteiger partial charge in [-0.05, 0) is 88.6 Å². The van der Waals surface area contributed by atoms with Gasteiger partial charge in [-0.2, -0.15) is 0 Å². The number of carbonyl (C=O) groups is 4. The predicted molar refractivity (Wildman–Crippen MR) is 214 cm³/mol. The monoisotopic (exact) mass is 774 g/mol. The van der Waals surface area contributed by atoms with Crippen molar-refractivity contribution in [3.05, 3.63) is 84.2 Å². The van der Waals surface area contributed by atoms with Crippen LogP contribution >= 0.6 is 0 Å². The van der Waals surface area contributed by atoms with Crippen LogP contribution in [0, 0.1) is 11.8 Å². The van der Waals surface area contributed by atoms with E-state index in [1.807, 2.05) is 42.5 Å². The number of unbranched alkanes of at least 4 members (excludes halogenated alkanes) is 1. The Hall–Kier alpha value is -4.66. The number of amides is 4. The number of aromatic nitrogens is 3. The van der Waals surface area contributed by atoms with E-state index in [0.717, 1.165) is 56.1 Å². The van der Waals surface area contributed by atoms with Crippen LogP contribution in [0.5, 0.6) is 0 Å². The molecule has 5 atom stereocenters. The summed E-state index contributed by atoms with van der Waals surface area (Å²) >= 11 is 0. The molecule has 0 bridgehead atoms. The molecule has 1 aliphatic carbocycles. The quantitative estimate of drug-likeness (QED) is 0.0776. The first-order valence-electron chi connectivity index (χ1n) is 20.1. The number of imide groups is 1. The van der Waals surface area contributed by atoms with Crippen molar-refractivity contribution in [1.29, 1.82) is 0 Å². The number of aliphatic hydroxyl groups is 1. The fourth-order valence-corrected chi connectivity index (χ4v) is 7.19. The second-order valence-electron chi connectivity index (χ2n) is 15.9. The number of aliphatic hydroxyl groups excluding tert-OH is 1. The van der Waals surface area contributed by atoms with Crippen molar-refractivity contribution in [3.63, 3.8) is 0 Å². The van der Waals surface area contributed by atoms with Gasteiger partial charge in [0.2, 0.25) is 17.7 Å². The van der Waals surface area contributed by atoms with Crippen molar-refractivity contribution >= 4 is 23.8 Å². The number of H-pyrrole nitrogens is 1. The molecule has 1 fully saturated rings. The highest BCUT2D eigenvalue weighted by molar-refractivity contribution is 6.01. The van der Waals surface area contributed by atoms with Gasteiger partial charge in [0.1, 0.15) is 11.6 Å². The number of nitrogens with zero attached hydrogens (tertiary/aromatic N) is 2. The zero-order valence-corrected chi connectivity index (χ0v) is 33.2. The number of benzene rings is 1. The van der Waals surface area contributed by atoms with E-state index in [9.17, 15) is 24.3 Å². The van der Waals surface area contributed by atoms with Gasteiger partial charge in [0.25, 0.3) is 0 Å². The third-order valence-corrected chi connectivity index (χ3v) is 10.1. The molecule has 4 amide bonds. The number of rotatable bonds is 21. The maximum Gasteiger partial charge on any atom is 0.408 e. The molecule has 56 heavy (non-hydrogen) atoms. The molecule has 0 spiro atoms. The van der Waals surface area contributed by atoms with Gasteiger partial charge < -0.3 is 36.5 Å². The first-order chi connectivity index (χ1) is 26.9. The van der Waals surface area contributed by atoms with Crippen LogP contribution in [0.4, 0.5) is 4.79 Å². The Morgan fingerprint density at radius 1 is 0.893 bits per heavy atom. The molecule has 1 saturated carbocycles. The average Bonchev–Trinajstić information content (AvgIpc) is 3.69. The molecule has 3 aromatic rings. The highest BCUT2D eigenvalue weighted by atomic mass is 16.6. The molecule has 1 aliphatic rings. The number of pyridine rings is 1. The fraction of sp³-hybridized carbons (Fsp3) is 0.571. The van der Waals surface area contributed by atoms with E-state index in [-0.39, 0.29) is 25.2 Å². The molecule has 8 N–H and O–H groups in total. The average molecular weight is 775 g/mol. The Kier molecular flexibility index (Phi) is 17.9. The number of nitrogens with one attached hydrogen (secondary N) is 5. The summed E-state index contributed by atoms with van der Waals surface area (Å²) < 4.78 is 5.45. The lowest BCUT2D eigenvalue weighted by molar-refractivity contribution is -0.133. The third-order valence-electron chi connectivity index (χ3n) is 10.1. The normalized spacial score (nSPS) is 16.2. The highest BCUT2D eigenvalue weighted by Gasteiger charge is 2.34. The lowest BCUT2D eigenvalue weighted by Gasteiger charge is -2.34. The molecule has 14 heteroatoms. The summed E-state index contributed by atoms with van der Waals surface area (Å²) in [6.07, 6.45) is 13.0. The van der Waals surface area contributed by atoms with E-state index in [2.05, 4.69) is 36.2 Å². The number of imidazole rings is 1. The largest absolute Gasteiger partial charge is 0.444 e. The minimum atomic E-state index is -1.12. The zero-order valence-electron chi connectivity index (χ0n) is 33.2. The van der Waals surface area contributed by atoms with Gasteiger partial charge in [0.15, 0.2) is 0 Å². The topological polar surface area (TPSA) is 213 Å². The Morgan fingerprint density at radius 2 is 1.59 bits per heavy atom. The smallest absolute Gasteiger partial charge is 0.408 e. The summed E-state index contributed by atoms with van der Waals surface area (Å²) in [5.74, 6) is -1.73. The summed E-state index contributed by atoms with van der Waals surface area (Å²) in [6.45, 7) is 6.20. The van der Waals surface area contributed by atoms with Gasteiger partial charge in [-0.15, -0.1) is 0 Å². The number of aromatic amines is 1. The van der Waals surface area contributed by atoms with E-state index in [1.165, 1.54) is 6.33 Å². The van der Waals surface area contributed by atoms with Crippen molar-refractivity contribution in [2.24, 2.45) is 17.6 Å². The van der Waals surface area contributed by atoms with Crippen molar-refractivity contribution in [1.82, 2.24) is 36.2 Å². The molecule has 4 rings (SSSR count). The van der Waals surface area contributed by atoms with Crippen LogP contribution in [0.1, 0.15) is 95.4 Å². The maximum absolute atomic E-state index is 14.2. The molecule has 0 radical (unpaired) electrons. The van der Waals surface area contributed by atoms with Crippen molar-refractivity contribution in [2.75, 3.05) is 13.1 Å². The minimum Gasteiger partial charge on any atom is -0.444 e. The van der Waals surface area contributed by atoms with Gasteiger partial charge in [0.05, 0.1) is 18.5 Å². The second-order valence-corrected chi connectivity index (χ2v) is 15.9. The summed E-state index contributed by atoms with van der Waals surface area (Å²) in [5, 5.41) is 23.8. The van der Waals surface area contributed by atoms with Gasteiger partial charge in [-0.1, -0.05) is 62.4 Å². The molecule has 2 heterocycles. The third kappa shape index (κ3) is 15.8. The Morgan fingerprint density at radius 3 is 2.25 bits per heavy atom. The molecule has 0 unspecified atom stereocenters. The predicted octanol–water partition coefficient (Wildman–Crippen LogP) is 3.89. The molecule has 1 aromatic carbocycles. The number of hydrogen-bond donors (Lipinski definition) is 7. The number of alkyl carbamates (subject to hydrolysis) is 1. The van der Waals surface area contributed by atoms with Gasteiger partial charge in [-0.3, -0.25) is 24.7 Å². The molecule has 14 nitrogen and oxygen atoms in total. The SMILES string of the molecule is CC(C)(C)OC(=O)N[C@@H](Cc1ccccc1)C(=O)NC(=O)[C@H](Cc1cnc[nH]1)N[C@@H](CC1CCCCC1)[C@@H](O)C[C@H](Cc1ccncc1)C(=O)NCCCCN. The summed E-state index contributed by atoms with van der Waals surface area (Å²) in [5.41, 5.74) is 7.22. The molecular formula is C42H62N8O6. The van der Waals surface area contributed by atoms with Crippen molar-refractivity contribution in [2.45, 2.75) is 128 Å². The second kappa shape index (κ2) is 22.8. The van der Waals surface area contributed by atoms with Crippen molar-refractivity contribution < 1.29 is 29.0 Å². The Labute approximate surface area is 330 Å². The Bertz CT molecular complexity index is 1610. The summed E-state index contributed by atoms with van der Waals surface area (Å²) in [4.78, 5) is 65.9. The van der Waals surface area contributed by atoms with Crippen LogP contribution in [-0.2, 0) is 38.4 Å². The van der Waals surface area contributed by atoms with E-state index in [0.29, 0.717) is 37.5 Å². The standard InChI is InChI=1S/C42H62N8O6/c1-42(2,3)56-41(55)49-35(24-30-14-8-5-9-15-30)39(53)50-40(54)36(26-33-27-45-28-47-33)48-34(23-29-12-6-4-7-13-29)37(51)25-32(22-31-16-20-44-21-17-31)38(52)46-19-11-10-18-43/h5,8-9,14-17,20-21,27-29,32,34-37,48,51H,4,6-7,10-13,18-19,22-26,43H2,1-3H3,(H,45,47)(H,46,52)(H,49,55)(H,50,53,54)/t32-,34-,35-,36-,37-/m0/s1. The van der Waals surface area contributed by atoms with Crippen LogP contribution in [0.25, 0.3) is 0 Å². The first-order valence-corrected chi connectivity index (χ1v) is 20.1. The minimum absolute atomic E-state index is 0.119. The van der Waals surface area contributed by atoms with E-state index in [1.54, 1.807) is 39.4 Å². The lowest BCUT2D eigenvalue weighted by Crippen LogP contribution is -2.57. The van der Waals surface area contributed by atoms with E-state index in [4.69, 9.17) is 10.5 Å². The van der Waals surface area contributed by atoms with E-state index >= 15 is 0 Å². The van der Waals surface area contributed by atoms with Gasteiger partial charge in [0, 0.05) is 55.6 Å². The number of nitrogens with two attached hydrogens (primary N) is 1. The van der Waals surface area contributed by atoms with E-state index < -0.39 is 53.7 Å². The molecule has 306 valence electrons. The highest BCUT2D eigenvalue weighted by Crippen LogP contribution is 2.30. The number of carbonyl (C=O) groups excluding carboxylic acids is 4. The Balaban J connectivity index is 1.58. The van der Waals surface area contributed by atoms with Crippen molar-refractivity contribution in [3.8, 4) is 0 Å². The van der Waals surface area contributed by atoms with Crippen LogP contribution in [0.15, 0.2) is 67.4 Å². The fourth-order valence-electron chi connectivity index (χ4n) is 7.19. The maximum atomic E-state index is 14.2. The summed E-state index contributed by atoms with van der Waals surface area (Å²) in [6, 6.07) is 10.2. The van der Waals surface area contributed by atoms with Crippen LogP contribution in [0.2, 0.25) is 0 Å². The number of hydrogen-bond acceptors (Lipinski definition) is 10. The lowest BCUT2D eigenvalue weighted by atomic mass is 9.81. The first kappa shape index (κ1) is 44.1. The molecule has 0 saturated heterocycles. The molecule has 0 aliphatic heterocycles. The molecular weight excluding hydrogens is 713 g/mol. The number of ether oxygens (including phenoxy) is 1. The molecule has 2 aromatic heterocycles. The zero-order chi connectivity index (χ0) is 40.3.